The highest BCUT2D eigenvalue weighted by molar-refractivity contribution is 5.71. The quantitative estimate of drug-likeness (QED) is 0.0211. The number of carboxylic acid groups (broad SMARTS) is 1. The summed E-state index contributed by atoms with van der Waals surface area (Å²) in [5.74, 6) is -1.98. The number of nitrogens with zero attached hydrogens (tertiary/aromatic N) is 1. The summed E-state index contributed by atoms with van der Waals surface area (Å²) in [6.45, 7) is 4.93. The molecule has 0 spiro atoms. The van der Waals surface area contributed by atoms with Crippen molar-refractivity contribution in [3.63, 3.8) is 0 Å². The van der Waals surface area contributed by atoms with Gasteiger partial charge < -0.3 is 28.5 Å². The van der Waals surface area contributed by atoms with Crippen molar-refractivity contribution in [2.24, 2.45) is 0 Å². The standard InChI is InChI=1S/C74H141NO8/c1-6-8-10-12-14-16-18-20-22-24-26-28-29-30-31-32-33-34-35-36-37-38-39-40-41-42-43-45-46-48-50-52-54-56-58-60-62-64-71(76)81-68-70(69-82-74(73(78)79)80-67-66-75(3,4)5)83-72(77)65-63-61-59-57-55-53-51-49-47-44-27-25-23-21-19-17-15-13-11-9-7-2/h19,21,25,27,70,74H,6-18,20,22-24,26,28-69H2,1-5H3/p+1/b21-19-,27-25-. The largest absolute Gasteiger partial charge is 0.477 e. The maximum Gasteiger partial charge on any atom is 0.361 e. The number of hydrogen-bond donors (Lipinski definition) is 1. The van der Waals surface area contributed by atoms with Crippen LogP contribution in [0.5, 0.6) is 0 Å². The lowest BCUT2D eigenvalue weighted by Crippen LogP contribution is -2.40. The van der Waals surface area contributed by atoms with Crippen LogP contribution in [0.25, 0.3) is 0 Å². The second kappa shape index (κ2) is 65.7. The average Bonchev–Trinajstić information content (AvgIpc) is 3.46. The third kappa shape index (κ3) is 67.1. The molecule has 0 saturated carbocycles. The van der Waals surface area contributed by atoms with Gasteiger partial charge in [-0.2, -0.15) is 0 Å². The van der Waals surface area contributed by atoms with E-state index in [0.29, 0.717) is 17.4 Å². The lowest BCUT2D eigenvalue weighted by atomic mass is 10.0. The van der Waals surface area contributed by atoms with Crippen LogP contribution in [0.4, 0.5) is 0 Å². The highest BCUT2D eigenvalue weighted by atomic mass is 16.7. The molecular formula is C74H142NO8+. The van der Waals surface area contributed by atoms with E-state index in [9.17, 15) is 19.5 Å². The second-order valence-electron chi connectivity index (χ2n) is 26.3. The molecule has 0 aliphatic carbocycles. The van der Waals surface area contributed by atoms with Crippen LogP contribution in [0.1, 0.15) is 373 Å². The van der Waals surface area contributed by atoms with Gasteiger partial charge in [-0.25, -0.2) is 4.79 Å². The number of esters is 2. The lowest BCUT2D eigenvalue weighted by Gasteiger charge is -2.25. The van der Waals surface area contributed by atoms with Crippen LogP contribution in [0.15, 0.2) is 24.3 Å². The molecule has 0 saturated heterocycles. The molecule has 2 unspecified atom stereocenters. The van der Waals surface area contributed by atoms with E-state index < -0.39 is 24.3 Å². The van der Waals surface area contributed by atoms with Crippen LogP contribution in [-0.2, 0) is 33.3 Å². The Kier molecular flexibility index (Phi) is 64.0. The van der Waals surface area contributed by atoms with Crippen LogP contribution >= 0.6 is 0 Å². The Bertz CT molecular complexity index is 1410. The Hall–Kier alpha value is -2.23. The predicted octanol–water partition coefficient (Wildman–Crippen LogP) is 22.6. The van der Waals surface area contributed by atoms with E-state index in [4.69, 9.17) is 18.9 Å². The van der Waals surface area contributed by atoms with Gasteiger partial charge in [-0.15, -0.1) is 0 Å². The molecule has 0 aromatic rings. The Morgan fingerprint density at radius 3 is 0.952 bits per heavy atom. The molecule has 0 aromatic carbocycles. The summed E-state index contributed by atoms with van der Waals surface area (Å²) in [5.41, 5.74) is 0. The van der Waals surface area contributed by atoms with E-state index in [1.807, 2.05) is 21.1 Å². The summed E-state index contributed by atoms with van der Waals surface area (Å²) in [5, 5.41) is 9.74. The number of quaternary nitrogens is 1. The molecule has 2 atom stereocenters. The summed E-state index contributed by atoms with van der Waals surface area (Å²) >= 11 is 0. The van der Waals surface area contributed by atoms with E-state index in [2.05, 4.69) is 38.2 Å². The summed E-state index contributed by atoms with van der Waals surface area (Å²) in [4.78, 5) is 37.6. The summed E-state index contributed by atoms with van der Waals surface area (Å²) in [6.07, 6.45) is 78.9. The monoisotopic (exact) mass is 1170 g/mol. The number of likely N-dealkylation sites (N-methyl/N-ethyl adjacent to an activating group) is 1. The van der Waals surface area contributed by atoms with Crippen LogP contribution in [0.2, 0.25) is 0 Å². The number of unbranched alkanes of at least 4 members (excludes halogenated alkanes) is 50. The van der Waals surface area contributed by atoms with Crippen molar-refractivity contribution in [1.82, 2.24) is 0 Å². The SMILES string of the molecule is CCCCCCC/C=C\C/C=C\CCCCCCCCCCCC(=O)OC(COC(=O)CCCCCCCCCCCCCCCCCCCCCCCCCCCCCCCCCCCCCCC)COC(OCC[N+](C)(C)C)C(=O)O. The molecule has 9 nitrogen and oxygen atoms in total. The minimum absolute atomic E-state index is 0.178. The van der Waals surface area contributed by atoms with Gasteiger partial charge in [0.2, 0.25) is 0 Å². The number of carboxylic acids is 1. The van der Waals surface area contributed by atoms with Gasteiger partial charge in [0.15, 0.2) is 6.10 Å². The summed E-state index contributed by atoms with van der Waals surface area (Å²) < 4.78 is 23.0. The number of allylic oxidation sites excluding steroid dienone is 4. The van der Waals surface area contributed by atoms with E-state index in [1.54, 1.807) is 0 Å². The van der Waals surface area contributed by atoms with Crippen molar-refractivity contribution in [2.45, 2.75) is 386 Å². The molecule has 83 heavy (non-hydrogen) atoms. The van der Waals surface area contributed by atoms with Crippen LogP contribution in [-0.4, -0.2) is 87.4 Å². The highest BCUT2D eigenvalue weighted by Crippen LogP contribution is 2.19. The number of carbonyl (C=O) groups excluding carboxylic acids is 2. The molecule has 9 heteroatoms. The summed E-state index contributed by atoms with van der Waals surface area (Å²) in [6, 6.07) is 0. The lowest BCUT2D eigenvalue weighted by molar-refractivity contribution is -0.870. The first-order valence-electron chi connectivity index (χ1n) is 36.5. The van der Waals surface area contributed by atoms with Gasteiger partial charge in [0, 0.05) is 12.8 Å². The Morgan fingerprint density at radius 2 is 0.651 bits per heavy atom. The Balaban J connectivity index is 3.96. The van der Waals surface area contributed by atoms with Crippen LogP contribution < -0.4 is 0 Å². The first-order chi connectivity index (χ1) is 40.6. The van der Waals surface area contributed by atoms with Gasteiger partial charge in [-0.05, 0) is 44.9 Å². The number of carbonyl (C=O) groups is 3. The first kappa shape index (κ1) is 80.8. The van der Waals surface area contributed by atoms with Gasteiger partial charge in [-0.1, -0.05) is 340 Å². The molecule has 0 rings (SSSR count). The maximum atomic E-state index is 12.9. The fourth-order valence-electron chi connectivity index (χ4n) is 11.1. The molecule has 0 radical (unpaired) electrons. The minimum Gasteiger partial charge on any atom is -0.477 e. The van der Waals surface area contributed by atoms with E-state index in [-0.39, 0.29) is 32.2 Å². The number of hydrogen-bond acceptors (Lipinski definition) is 7. The van der Waals surface area contributed by atoms with Crippen LogP contribution in [0.3, 0.4) is 0 Å². The molecule has 0 aromatic heterocycles. The topological polar surface area (TPSA) is 108 Å². The molecule has 1 N–H and O–H groups in total. The molecule has 0 amide bonds. The molecule has 0 aliphatic heterocycles. The average molecular weight is 1170 g/mol. The van der Waals surface area contributed by atoms with Gasteiger partial charge >= 0.3 is 17.9 Å². The Morgan fingerprint density at radius 1 is 0.361 bits per heavy atom. The third-order valence-corrected chi connectivity index (χ3v) is 16.7. The van der Waals surface area contributed by atoms with Crippen molar-refractivity contribution in [1.29, 1.82) is 0 Å². The maximum absolute atomic E-state index is 12.9. The zero-order chi connectivity index (χ0) is 60.5. The van der Waals surface area contributed by atoms with Crippen molar-refractivity contribution < 1.29 is 42.9 Å². The first-order valence-corrected chi connectivity index (χ1v) is 36.5. The van der Waals surface area contributed by atoms with Crippen molar-refractivity contribution in [3.05, 3.63) is 24.3 Å². The molecular weight excluding hydrogens is 1030 g/mol. The molecule has 0 aliphatic rings. The second-order valence-corrected chi connectivity index (χ2v) is 26.3. The zero-order valence-electron chi connectivity index (χ0n) is 56.1. The fraction of sp³-hybridized carbons (Fsp3) is 0.905. The fourth-order valence-corrected chi connectivity index (χ4v) is 11.1. The number of ether oxygens (including phenoxy) is 4. The third-order valence-electron chi connectivity index (χ3n) is 16.7. The van der Waals surface area contributed by atoms with Crippen LogP contribution in [0, 0.1) is 0 Å². The highest BCUT2D eigenvalue weighted by Gasteiger charge is 2.25. The Labute approximate surface area is 516 Å². The summed E-state index contributed by atoms with van der Waals surface area (Å²) in [7, 11) is 5.99. The van der Waals surface area contributed by atoms with Gasteiger partial charge in [0.25, 0.3) is 6.29 Å². The predicted molar refractivity (Wildman–Crippen MR) is 355 cm³/mol. The van der Waals surface area contributed by atoms with Crippen molar-refractivity contribution in [2.75, 3.05) is 47.5 Å². The molecule has 0 bridgehead atoms. The van der Waals surface area contributed by atoms with E-state index in [0.717, 1.165) is 51.4 Å². The van der Waals surface area contributed by atoms with E-state index >= 15 is 0 Å². The van der Waals surface area contributed by atoms with Gasteiger partial charge in [0.1, 0.15) is 13.2 Å². The minimum atomic E-state index is -1.51. The van der Waals surface area contributed by atoms with E-state index in [1.165, 1.54) is 295 Å². The molecule has 0 fully saturated rings. The normalized spacial score (nSPS) is 12.7. The van der Waals surface area contributed by atoms with Gasteiger partial charge in [-0.3, -0.25) is 9.59 Å². The molecule has 0 heterocycles. The number of rotatable bonds is 69. The van der Waals surface area contributed by atoms with Crippen molar-refractivity contribution in [3.8, 4) is 0 Å². The number of aliphatic carboxylic acids is 1. The smallest absolute Gasteiger partial charge is 0.361 e. The zero-order valence-corrected chi connectivity index (χ0v) is 56.1. The van der Waals surface area contributed by atoms with Crippen molar-refractivity contribution >= 4 is 17.9 Å². The molecule has 490 valence electrons. The van der Waals surface area contributed by atoms with Gasteiger partial charge in [0.05, 0.1) is 34.4 Å².